The average molecular weight is 476 g/mol. The fourth-order valence-electron chi connectivity index (χ4n) is 3.62. The fraction of sp³-hybridized carbons (Fsp3) is 0.611. The van der Waals surface area contributed by atoms with Gasteiger partial charge in [-0.05, 0) is 0 Å². The van der Waals surface area contributed by atoms with Crippen molar-refractivity contribution in [2.75, 3.05) is 11.5 Å². The predicted octanol–water partition coefficient (Wildman–Crippen LogP) is 0.884. The maximum absolute atomic E-state index is 12.9. The summed E-state index contributed by atoms with van der Waals surface area (Å²) >= 11 is 2.16. The molecule has 3 aliphatic heterocycles. The van der Waals surface area contributed by atoms with E-state index >= 15 is 0 Å². The first-order valence-corrected chi connectivity index (χ1v) is 12.8. The Bertz CT molecular complexity index is 938. The van der Waals surface area contributed by atoms with Crippen molar-refractivity contribution < 1.29 is 32.8 Å². The molecule has 0 saturated carbocycles. The van der Waals surface area contributed by atoms with Gasteiger partial charge >= 0.3 is 11.8 Å². The van der Waals surface area contributed by atoms with Crippen LogP contribution < -0.4 is 10.9 Å². The standard InChI is InChI=1S/C18H21NO8S3/c1-3-10-11(27-18(23)26-10)6-25-16(22)13-17(28-9-4-5-30(24)7-9)29-15-12(8(2)20)14(21)19(13)15/h8-9,12,15,24H,3-7H2,1-2H3/t8-,9?,12+,15-,30?/m1/s1. The van der Waals surface area contributed by atoms with Gasteiger partial charge in [0.2, 0.25) is 5.91 Å². The number of amides is 1. The molecule has 164 valence electrons. The minimum atomic E-state index is -1.07. The van der Waals surface area contributed by atoms with E-state index < -0.39 is 40.4 Å². The first-order valence-electron chi connectivity index (χ1n) is 9.52. The Morgan fingerprint density at radius 3 is 2.80 bits per heavy atom. The zero-order valence-corrected chi connectivity index (χ0v) is 18.8. The molecule has 0 bridgehead atoms. The molecule has 12 heteroatoms. The zero-order valence-electron chi connectivity index (χ0n) is 16.3. The Hall–Kier alpha value is -1.34. The van der Waals surface area contributed by atoms with Gasteiger partial charge in [-0.3, -0.25) is 9.69 Å². The molecule has 2 saturated heterocycles. The van der Waals surface area contributed by atoms with Gasteiger partial charge in [0, 0.05) is 12.8 Å². The van der Waals surface area contributed by atoms with Crippen molar-refractivity contribution in [1.82, 2.24) is 4.90 Å². The number of esters is 1. The van der Waals surface area contributed by atoms with E-state index in [9.17, 15) is 24.0 Å². The molecular weight excluding hydrogens is 454 g/mol. The summed E-state index contributed by atoms with van der Waals surface area (Å²) in [5.74, 6) is -0.857. The number of carbonyl (C=O) groups is 2. The van der Waals surface area contributed by atoms with Crippen LogP contribution in [0.1, 0.15) is 31.8 Å². The van der Waals surface area contributed by atoms with E-state index in [-0.39, 0.29) is 29.2 Å². The van der Waals surface area contributed by atoms with Crippen molar-refractivity contribution in [2.45, 2.75) is 50.0 Å². The smallest absolute Gasteiger partial charge is 0.519 e. The number of aryl methyl sites for hydroxylation is 1. The summed E-state index contributed by atoms with van der Waals surface area (Å²) in [6.07, 6.45) is 0.144. The van der Waals surface area contributed by atoms with Gasteiger partial charge in [0.25, 0.3) is 0 Å². The van der Waals surface area contributed by atoms with E-state index in [0.29, 0.717) is 22.2 Å². The van der Waals surface area contributed by atoms with E-state index in [1.54, 1.807) is 6.92 Å². The molecule has 0 radical (unpaired) electrons. The van der Waals surface area contributed by atoms with Crippen molar-refractivity contribution in [3.63, 3.8) is 0 Å². The third-order valence-corrected chi connectivity index (χ3v) is 9.73. The molecule has 30 heavy (non-hydrogen) atoms. The molecule has 0 aliphatic carbocycles. The van der Waals surface area contributed by atoms with E-state index in [4.69, 9.17) is 13.6 Å². The molecule has 0 aromatic carbocycles. The van der Waals surface area contributed by atoms with Crippen LogP contribution in [0, 0.1) is 5.92 Å². The van der Waals surface area contributed by atoms with Crippen molar-refractivity contribution in [3.05, 3.63) is 32.1 Å². The van der Waals surface area contributed by atoms with Crippen molar-refractivity contribution in [1.29, 1.82) is 0 Å². The maximum atomic E-state index is 12.9. The summed E-state index contributed by atoms with van der Waals surface area (Å²) < 4.78 is 25.6. The third kappa shape index (κ3) is 3.95. The summed E-state index contributed by atoms with van der Waals surface area (Å²) in [5, 5.41) is 11.7. The van der Waals surface area contributed by atoms with Gasteiger partial charge in [0.15, 0.2) is 29.6 Å². The highest BCUT2D eigenvalue weighted by atomic mass is 32.2. The van der Waals surface area contributed by atoms with Crippen LogP contribution in [0.15, 0.2) is 23.6 Å². The Morgan fingerprint density at radius 2 is 2.17 bits per heavy atom. The van der Waals surface area contributed by atoms with Crippen LogP contribution in [0.25, 0.3) is 0 Å². The van der Waals surface area contributed by atoms with Gasteiger partial charge in [0.05, 0.1) is 20.8 Å². The summed E-state index contributed by atoms with van der Waals surface area (Å²) in [6, 6.07) is 0. The lowest BCUT2D eigenvalue weighted by molar-refractivity contribution is -0.427. The molecule has 9 nitrogen and oxygen atoms in total. The Balaban J connectivity index is 1.54. The third-order valence-electron chi connectivity index (χ3n) is 5.15. The molecular formula is C18H21NO8S3. The van der Waals surface area contributed by atoms with Gasteiger partial charge in [0.1, 0.15) is 16.9 Å². The number of rotatable bonds is 7. The van der Waals surface area contributed by atoms with E-state index in [1.165, 1.54) is 35.3 Å². The number of thioether (sulfide) groups is 2. The van der Waals surface area contributed by atoms with E-state index in [2.05, 4.69) is 0 Å². The lowest BCUT2D eigenvalue weighted by Crippen LogP contribution is -2.63. The molecule has 2 unspecified atom stereocenters. The molecule has 3 aliphatic rings. The van der Waals surface area contributed by atoms with Crippen molar-refractivity contribution in [3.8, 4) is 0 Å². The molecule has 5 atom stereocenters. The molecule has 1 N–H and O–H groups in total. The number of ether oxygens (including phenoxy) is 1. The molecule has 2 fully saturated rings. The Kier molecular flexibility index (Phi) is 6.31. The van der Waals surface area contributed by atoms with Gasteiger partial charge in [-0.25, -0.2) is 9.59 Å². The summed E-state index contributed by atoms with van der Waals surface area (Å²) in [5.41, 5.74) is 0.130. The van der Waals surface area contributed by atoms with Crippen molar-refractivity contribution in [2.24, 2.45) is 5.92 Å². The van der Waals surface area contributed by atoms with Crippen LogP contribution in [0.4, 0.5) is 0 Å². The topological polar surface area (TPSA) is 133 Å². The van der Waals surface area contributed by atoms with Crippen LogP contribution in [0.5, 0.6) is 0 Å². The highest BCUT2D eigenvalue weighted by molar-refractivity contribution is 8.23. The monoisotopic (exact) mass is 475 g/mol. The summed E-state index contributed by atoms with van der Waals surface area (Å²) in [6.45, 7) is 2.93. The quantitative estimate of drug-likeness (QED) is 0.344. The van der Waals surface area contributed by atoms with Gasteiger partial charge in [-0.15, -0.1) is 17.9 Å². The second-order valence-corrected chi connectivity index (χ2v) is 11.5. The van der Waals surface area contributed by atoms with Crippen LogP contribution in [-0.4, -0.2) is 49.6 Å². The lowest BCUT2D eigenvalue weighted by atomic mass is 9.92. The highest BCUT2D eigenvalue weighted by Gasteiger charge is 2.56. The van der Waals surface area contributed by atoms with Crippen LogP contribution in [0.2, 0.25) is 0 Å². The van der Waals surface area contributed by atoms with Crippen LogP contribution in [0.3, 0.4) is 0 Å². The number of fused-ring (bicyclic) bond motifs is 1. The van der Waals surface area contributed by atoms with Crippen LogP contribution >= 0.6 is 23.5 Å². The number of carbonyl (C=O) groups excluding carboxylic acids is 2. The van der Waals surface area contributed by atoms with Gasteiger partial charge < -0.3 is 18.7 Å². The Labute approximate surface area is 183 Å². The Morgan fingerprint density at radius 1 is 1.43 bits per heavy atom. The minimum absolute atomic E-state index is 0.130. The normalized spacial score (nSPS) is 29.2. The van der Waals surface area contributed by atoms with E-state index in [0.717, 1.165) is 12.2 Å². The molecule has 4 heterocycles. The average Bonchev–Trinajstić information content (AvgIpc) is 3.35. The zero-order chi connectivity index (χ0) is 21.6. The second-order valence-electron chi connectivity index (χ2n) is 7.18. The van der Waals surface area contributed by atoms with Gasteiger partial charge in [-0.1, -0.05) is 25.6 Å². The van der Waals surface area contributed by atoms with Crippen molar-refractivity contribution >= 4 is 46.6 Å². The van der Waals surface area contributed by atoms with E-state index in [1.807, 2.05) is 0 Å². The maximum Gasteiger partial charge on any atom is 0.519 e. The SMILES string of the molecule is CCc1oc(=O)oc1COC(=O)C1=C(SC2CC[S+](O)C2)S[C@@H]2[C@@H]([C@@H](C)[O-])C(=O)N12. The molecule has 1 aromatic heterocycles. The number of β-lactam (4-membered cyclic amide) rings is 1. The fourth-order valence-corrected chi connectivity index (χ4v) is 8.90. The second kappa shape index (κ2) is 8.65. The largest absolute Gasteiger partial charge is 0.852 e. The number of nitrogens with zero attached hydrogens (tertiary/aromatic N) is 1. The number of hydrogen-bond acceptors (Lipinski definition) is 10. The minimum Gasteiger partial charge on any atom is -0.852 e. The molecule has 4 rings (SSSR count). The van der Waals surface area contributed by atoms with Gasteiger partial charge in [-0.2, -0.15) is 4.55 Å². The first-order chi connectivity index (χ1) is 14.3. The first kappa shape index (κ1) is 21.9. The predicted molar refractivity (Wildman–Crippen MR) is 110 cm³/mol. The molecule has 1 amide bonds. The molecule has 0 spiro atoms. The summed E-state index contributed by atoms with van der Waals surface area (Å²) in [4.78, 5) is 38.1. The lowest BCUT2D eigenvalue weighted by Gasteiger charge is -2.47. The highest BCUT2D eigenvalue weighted by Crippen LogP contribution is 2.55. The van der Waals surface area contributed by atoms with Crippen LogP contribution in [-0.2, 0) is 38.5 Å². The number of hydrogen-bond donors (Lipinski definition) is 1. The summed E-state index contributed by atoms with van der Waals surface area (Å²) in [7, 11) is 0. The molecule has 1 aromatic rings.